The van der Waals surface area contributed by atoms with E-state index in [1.807, 2.05) is 12.3 Å². The predicted octanol–water partition coefficient (Wildman–Crippen LogP) is 2.69. The third-order valence-corrected chi connectivity index (χ3v) is 3.83. The lowest BCUT2D eigenvalue weighted by atomic mass is 9.87. The highest BCUT2D eigenvalue weighted by Crippen LogP contribution is 2.27. The number of hydrogen-bond acceptors (Lipinski definition) is 4. The molecule has 1 unspecified atom stereocenters. The highest BCUT2D eigenvalue weighted by Gasteiger charge is 2.25. The molecule has 4 heteroatoms. The van der Waals surface area contributed by atoms with E-state index in [0.29, 0.717) is 6.04 Å². The lowest BCUT2D eigenvalue weighted by molar-refractivity contribution is 0.199. The van der Waals surface area contributed by atoms with Gasteiger partial charge in [0.1, 0.15) is 5.82 Å². The third kappa shape index (κ3) is 4.76. The maximum absolute atomic E-state index is 5.05. The highest BCUT2D eigenvalue weighted by atomic mass is 16.5. The van der Waals surface area contributed by atoms with Crippen molar-refractivity contribution in [3.05, 3.63) is 23.9 Å². The molecule has 0 fully saturated rings. The number of pyridine rings is 1. The monoisotopic (exact) mass is 279 g/mol. The van der Waals surface area contributed by atoms with Gasteiger partial charge in [-0.25, -0.2) is 4.98 Å². The SMILES string of the molecule is COCCNCc1cccnc1N(C)C(C)C(C)(C)C. The minimum absolute atomic E-state index is 0.215. The summed E-state index contributed by atoms with van der Waals surface area (Å²) in [5.41, 5.74) is 1.44. The van der Waals surface area contributed by atoms with E-state index in [1.165, 1.54) is 5.56 Å². The van der Waals surface area contributed by atoms with Crippen LogP contribution in [0.25, 0.3) is 0 Å². The van der Waals surface area contributed by atoms with Crippen molar-refractivity contribution in [2.24, 2.45) is 5.41 Å². The number of anilines is 1. The Morgan fingerprint density at radius 1 is 1.40 bits per heavy atom. The van der Waals surface area contributed by atoms with Gasteiger partial charge in [0.25, 0.3) is 0 Å². The van der Waals surface area contributed by atoms with Gasteiger partial charge in [0.15, 0.2) is 0 Å². The first-order valence-electron chi connectivity index (χ1n) is 7.24. The van der Waals surface area contributed by atoms with Gasteiger partial charge in [0.05, 0.1) is 6.61 Å². The highest BCUT2D eigenvalue weighted by molar-refractivity contribution is 5.47. The second kappa shape index (κ2) is 7.60. The largest absolute Gasteiger partial charge is 0.383 e. The summed E-state index contributed by atoms with van der Waals surface area (Å²) < 4.78 is 5.05. The molecule has 0 saturated heterocycles. The van der Waals surface area contributed by atoms with Gasteiger partial charge < -0.3 is 15.0 Å². The van der Waals surface area contributed by atoms with Gasteiger partial charge in [-0.2, -0.15) is 0 Å². The van der Waals surface area contributed by atoms with Gasteiger partial charge in [-0.3, -0.25) is 0 Å². The average Bonchev–Trinajstić information content (AvgIpc) is 2.41. The first-order chi connectivity index (χ1) is 9.38. The van der Waals surface area contributed by atoms with Gasteiger partial charge in [0.2, 0.25) is 0 Å². The van der Waals surface area contributed by atoms with E-state index < -0.39 is 0 Å². The molecule has 114 valence electrons. The van der Waals surface area contributed by atoms with Crippen LogP contribution in [-0.4, -0.2) is 38.3 Å². The molecule has 20 heavy (non-hydrogen) atoms. The summed E-state index contributed by atoms with van der Waals surface area (Å²) in [7, 11) is 3.84. The number of nitrogens with zero attached hydrogens (tertiary/aromatic N) is 2. The Balaban J connectivity index is 2.79. The minimum Gasteiger partial charge on any atom is -0.383 e. The second-order valence-corrected chi connectivity index (χ2v) is 6.31. The molecule has 1 heterocycles. The molecule has 0 saturated carbocycles. The van der Waals surface area contributed by atoms with Gasteiger partial charge in [-0.1, -0.05) is 26.8 Å². The molecule has 0 aliphatic rings. The fourth-order valence-corrected chi connectivity index (χ4v) is 2.05. The van der Waals surface area contributed by atoms with Crippen molar-refractivity contribution in [2.75, 3.05) is 32.2 Å². The topological polar surface area (TPSA) is 37.4 Å². The lowest BCUT2D eigenvalue weighted by Gasteiger charge is -2.37. The second-order valence-electron chi connectivity index (χ2n) is 6.31. The molecule has 0 radical (unpaired) electrons. The molecule has 0 bridgehead atoms. The Kier molecular flexibility index (Phi) is 6.43. The van der Waals surface area contributed by atoms with E-state index >= 15 is 0 Å². The summed E-state index contributed by atoms with van der Waals surface area (Å²) in [4.78, 5) is 6.84. The maximum Gasteiger partial charge on any atom is 0.133 e. The van der Waals surface area contributed by atoms with E-state index in [2.05, 4.69) is 56.0 Å². The van der Waals surface area contributed by atoms with Crippen LogP contribution in [0, 0.1) is 5.41 Å². The fraction of sp³-hybridized carbons (Fsp3) is 0.688. The molecule has 0 aliphatic heterocycles. The summed E-state index contributed by atoms with van der Waals surface area (Å²) in [6.45, 7) is 11.4. The molecule has 0 amide bonds. The fourth-order valence-electron chi connectivity index (χ4n) is 2.05. The zero-order valence-corrected chi connectivity index (χ0v) is 13.7. The van der Waals surface area contributed by atoms with Crippen LogP contribution in [0.3, 0.4) is 0 Å². The molecule has 1 rings (SSSR count). The van der Waals surface area contributed by atoms with E-state index in [1.54, 1.807) is 7.11 Å². The van der Waals surface area contributed by atoms with Crippen LogP contribution in [0.15, 0.2) is 18.3 Å². The number of rotatable bonds is 7. The zero-order valence-electron chi connectivity index (χ0n) is 13.7. The first kappa shape index (κ1) is 16.9. The Bertz CT molecular complexity index is 401. The minimum atomic E-state index is 0.215. The quantitative estimate of drug-likeness (QED) is 0.779. The predicted molar refractivity (Wildman–Crippen MR) is 85.1 cm³/mol. The van der Waals surface area contributed by atoms with Crippen molar-refractivity contribution >= 4 is 5.82 Å². The van der Waals surface area contributed by atoms with Crippen molar-refractivity contribution in [2.45, 2.75) is 40.3 Å². The molecule has 1 atom stereocenters. The van der Waals surface area contributed by atoms with Crippen LogP contribution in [0.1, 0.15) is 33.3 Å². The van der Waals surface area contributed by atoms with Gasteiger partial charge in [-0.15, -0.1) is 0 Å². The number of nitrogens with one attached hydrogen (secondary N) is 1. The number of ether oxygens (including phenoxy) is 1. The van der Waals surface area contributed by atoms with Gasteiger partial charge in [-0.05, 0) is 18.4 Å². The van der Waals surface area contributed by atoms with Crippen LogP contribution in [0.2, 0.25) is 0 Å². The van der Waals surface area contributed by atoms with Crippen LogP contribution in [-0.2, 0) is 11.3 Å². The summed E-state index contributed by atoms with van der Waals surface area (Å²) in [5.74, 6) is 1.06. The normalized spacial score (nSPS) is 13.3. The molecule has 0 spiro atoms. The van der Waals surface area contributed by atoms with E-state index in [9.17, 15) is 0 Å². The number of hydrogen-bond donors (Lipinski definition) is 1. The van der Waals surface area contributed by atoms with Crippen LogP contribution in [0.5, 0.6) is 0 Å². The maximum atomic E-state index is 5.05. The van der Waals surface area contributed by atoms with E-state index in [4.69, 9.17) is 4.74 Å². The third-order valence-electron chi connectivity index (χ3n) is 3.83. The number of methoxy groups -OCH3 is 1. The Morgan fingerprint density at radius 2 is 2.10 bits per heavy atom. The standard InChI is InChI=1S/C16H29N3O/c1-13(16(2,3)4)19(5)15-14(8-7-9-18-15)12-17-10-11-20-6/h7-9,13,17H,10-12H2,1-6H3. The molecule has 1 aromatic heterocycles. The number of aromatic nitrogens is 1. The summed E-state index contributed by atoms with van der Waals surface area (Å²) in [5, 5.41) is 3.38. The Labute approximate surface area is 123 Å². The zero-order chi connectivity index (χ0) is 15.2. The van der Waals surface area contributed by atoms with Crippen LogP contribution < -0.4 is 10.2 Å². The van der Waals surface area contributed by atoms with Crippen LogP contribution >= 0.6 is 0 Å². The van der Waals surface area contributed by atoms with Crippen molar-refractivity contribution in [1.29, 1.82) is 0 Å². The molecule has 0 aromatic carbocycles. The molecule has 4 nitrogen and oxygen atoms in total. The summed E-state index contributed by atoms with van der Waals surface area (Å²) >= 11 is 0. The van der Waals surface area contributed by atoms with Crippen molar-refractivity contribution < 1.29 is 4.74 Å². The van der Waals surface area contributed by atoms with Crippen molar-refractivity contribution in [3.8, 4) is 0 Å². The van der Waals surface area contributed by atoms with Crippen molar-refractivity contribution in [3.63, 3.8) is 0 Å². The lowest BCUT2D eigenvalue weighted by Crippen LogP contribution is -2.40. The molecule has 1 N–H and O–H groups in total. The molecule has 0 aliphatic carbocycles. The van der Waals surface area contributed by atoms with Crippen molar-refractivity contribution in [1.82, 2.24) is 10.3 Å². The smallest absolute Gasteiger partial charge is 0.133 e. The van der Waals surface area contributed by atoms with Gasteiger partial charge >= 0.3 is 0 Å². The summed E-state index contributed by atoms with van der Waals surface area (Å²) in [6.07, 6.45) is 1.86. The van der Waals surface area contributed by atoms with E-state index in [0.717, 1.165) is 25.5 Å². The summed E-state index contributed by atoms with van der Waals surface area (Å²) in [6, 6.07) is 4.54. The Hall–Kier alpha value is -1.13. The van der Waals surface area contributed by atoms with E-state index in [-0.39, 0.29) is 5.41 Å². The Morgan fingerprint density at radius 3 is 2.70 bits per heavy atom. The molecular weight excluding hydrogens is 250 g/mol. The average molecular weight is 279 g/mol. The van der Waals surface area contributed by atoms with Crippen LogP contribution in [0.4, 0.5) is 5.82 Å². The molecule has 1 aromatic rings. The first-order valence-corrected chi connectivity index (χ1v) is 7.24. The molecular formula is C16H29N3O. The van der Waals surface area contributed by atoms with Gasteiger partial charge in [0, 0.05) is 45.0 Å².